The average molecular weight is 314 g/mol. The van der Waals surface area contributed by atoms with Gasteiger partial charge in [0.05, 0.1) is 0 Å². The highest BCUT2D eigenvalue weighted by atomic mass is 16.1. The Morgan fingerprint density at radius 2 is 1.91 bits per heavy atom. The van der Waals surface area contributed by atoms with Gasteiger partial charge in [0.2, 0.25) is 5.91 Å². The van der Waals surface area contributed by atoms with Gasteiger partial charge < -0.3 is 10.3 Å². The van der Waals surface area contributed by atoms with E-state index in [9.17, 15) is 9.59 Å². The Bertz CT molecular complexity index is 720. The zero-order valence-electron chi connectivity index (χ0n) is 13.7. The third kappa shape index (κ3) is 5.02. The van der Waals surface area contributed by atoms with E-state index < -0.39 is 0 Å². The normalized spacial score (nSPS) is 10.8. The van der Waals surface area contributed by atoms with Crippen molar-refractivity contribution in [1.29, 1.82) is 0 Å². The molecule has 0 aliphatic heterocycles. The maximum Gasteiger partial charge on any atom is 0.273 e. The molecule has 0 aliphatic carbocycles. The molecule has 0 unspecified atom stereocenters. The van der Waals surface area contributed by atoms with Gasteiger partial charge in [-0.1, -0.05) is 43.7 Å². The van der Waals surface area contributed by atoms with Crippen LogP contribution in [0, 0.1) is 12.8 Å². The Labute approximate surface area is 135 Å². The minimum Gasteiger partial charge on any atom is -0.356 e. The van der Waals surface area contributed by atoms with Crippen LogP contribution in [-0.2, 0) is 11.2 Å². The number of rotatable bonds is 6. The van der Waals surface area contributed by atoms with Crippen LogP contribution in [0.3, 0.4) is 0 Å². The summed E-state index contributed by atoms with van der Waals surface area (Å²) in [6, 6.07) is 7.66. The Kier molecular flexibility index (Phi) is 5.62. The molecule has 0 saturated carbocycles. The number of aromatic nitrogens is 3. The van der Waals surface area contributed by atoms with Crippen molar-refractivity contribution in [3.63, 3.8) is 0 Å². The summed E-state index contributed by atoms with van der Waals surface area (Å²) in [4.78, 5) is 26.5. The number of H-pyrrole nitrogens is 1. The molecule has 122 valence electrons. The van der Waals surface area contributed by atoms with E-state index >= 15 is 0 Å². The largest absolute Gasteiger partial charge is 0.356 e. The minimum absolute atomic E-state index is 0.0810. The molecule has 0 bridgehead atoms. The first-order chi connectivity index (χ1) is 11.0. The average Bonchev–Trinajstić information content (AvgIpc) is 2.52. The molecule has 0 atom stereocenters. The van der Waals surface area contributed by atoms with Crippen LogP contribution in [0.1, 0.15) is 31.5 Å². The summed E-state index contributed by atoms with van der Waals surface area (Å²) in [5, 5.41) is 10.8. The molecule has 1 aromatic heterocycles. The van der Waals surface area contributed by atoms with Crippen molar-refractivity contribution in [3.8, 4) is 11.4 Å². The number of carbonyl (C=O) groups is 1. The maximum atomic E-state index is 12.1. The molecule has 23 heavy (non-hydrogen) atoms. The fourth-order valence-electron chi connectivity index (χ4n) is 2.00. The molecule has 1 heterocycles. The van der Waals surface area contributed by atoms with Crippen molar-refractivity contribution in [2.24, 2.45) is 5.92 Å². The maximum absolute atomic E-state index is 12.1. The number of nitrogens with one attached hydrogen (secondary N) is 2. The number of hydrogen-bond donors (Lipinski definition) is 2. The highest BCUT2D eigenvalue weighted by Gasteiger charge is 2.09. The van der Waals surface area contributed by atoms with E-state index in [2.05, 4.69) is 20.5 Å². The van der Waals surface area contributed by atoms with E-state index in [1.165, 1.54) is 0 Å². The molecule has 6 nitrogen and oxygen atoms in total. The zero-order chi connectivity index (χ0) is 16.8. The summed E-state index contributed by atoms with van der Waals surface area (Å²) in [5.41, 5.74) is 1.92. The van der Waals surface area contributed by atoms with Crippen LogP contribution in [-0.4, -0.2) is 27.6 Å². The van der Waals surface area contributed by atoms with Gasteiger partial charge in [0, 0.05) is 24.9 Å². The molecule has 0 saturated heterocycles. The van der Waals surface area contributed by atoms with Crippen LogP contribution in [0.2, 0.25) is 0 Å². The molecule has 1 aromatic carbocycles. The summed E-state index contributed by atoms with van der Waals surface area (Å²) in [6.45, 7) is 6.68. The van der Waals surface area contributed by atoms with Crippen LogP contribution in [0.15, 0.2) is 29.1 Å². The fraction of sp³-hybridized carbons (Fsp3) is 0.412. The van der Waals surface area contributed by atoms with Gasteiger partial charge in [0.15, 0.2) is 5.82 Å². The van der Waals surface area contributed by atoms with Crippen molar-refractivity contribution in [2.75, 3.05) is 6.54 Å². The van der Waals surface area contributed by atoms with Crippen molar-refractivity contribution in [1.82, 2.24) is 20.5 Å². The second kappa shape index (κ2) is 7.67. The topological polar surface area (TPSA) is 87.7 Å². The number of hydrogen-bond acceptors (Lipinski definition) is 4. The SMILES string of the molecule is Cc1ccc(-c2nnc(CCC(=O)NCC(C)C)c(=O)[nH]2)cc1. The summed E-state index contributed by atoms with van der Waals surface area (Å²) < 4.78 is 0. The van der Waals surface area contributed by atoms with E-state index in [1.54, 1.807) is 0 Å². The van der Waals surface area contributed by atoms with Gasteiger partial charge in [-0.2, -0.15) is 0 Å². The molecule has 2 rings (SSSR count). The van der Waals surface area contributed by atoms with E-state index in [0.717, 1.165) is 11.1 Å². The lowest BCUT2D eigenvalue weighted by Crippen LogP contribution is -2.28. The van der Waals surface area contributed by atoms with Gasteiger partial charge in [-0.15, -0.1) is 10.2 Å². The van der Waals surface area contributed by atoms with Gasteiger partial charge in [0.1, 0.15) is 5.69 Å². The third-order valence-corrected chi connectivity index (χ3v) is 3.39. The van der Waals surface area contributed by atoms with E-state index in [4.69, 9.17) is 0 Å². The predicted octanol–water partition coefficient (Wildman–Crippen LogP) is 1.85. The van der Waals surface area contributed by atoms with Crippen molar-refractivity contribution in [2.45, 2.75) is 33.6 Å². The van der Waals surface area contributed by atoms with E-state index in [-0.39, 0.29) is 30.0 Å². The predicted molar refractivity (Wildman–Crippen MR) is 89.0 cm³/mol. The number of benzene rings is 1. The first-order valence-corrected chi connectivity index (χ1v) is 7.75. The van der Waals surface area contributed by atoms with Gasteiger partial charge >= 0.3 is 0 Å². The lowest BCUT2D eigenvalue weighted by atomic mass is 10.1. The minimum atomic E-state index is -0.299. The summed E-state index contributed by atoms with van der Waals surface area (Å²) in [5.74, 6) is 0.751. The Morgan fingerprint density at radius 3 is 2.52 bits per heavy atom. The van der Waals surface area contributed by atoms with E-state index in [1.807, 2.05) is 45.0 Å². The number of nitrogens with zero attached hydrogens (tertiary/aromatic N) is 2. The first-order valence-electron chi connectivity index (χ1n) is 7.75. The molecule has 0 fully saturated rings. The molecule has 0 aliphatic rings. The van der Waals surface area contributed by atoms with Crippen LogP contribution in [0.4, 0.5) is 0 Å². The summed E-state index contributed by atoms with van der Waals surface area (Å²) in [6.07, 6.45) is 0.509. The number of amides is 1. The lowest BCUT2D eigenvalue weighted by molar-refractivity contribution is -0.121. The van der Waals surface area contributed by atoms with Crippen LogP contribution < -0.4 is 10.9 Å². The van der Waals surface area contributed by atoms with Crippen molar-refractivity contribution in [3.05, 3.63) is 45.9 Å². The number of carbonyl (C=O) groups excluding carboxylic acids is 1. The summed E-state index contributed by atoms with van der Waals surface area (Å²) in [7, 11) is 0. The second-order valence-corrected chi connectivity index (χ2v) is 6.01. The highest BCUT2D eigenvalue weighted by Crippen LogP contribution is 2.13. The third-order valence-electron chi connectivity index (χ3n) is 3.39. The van der Waals surface area contributed by atoms with Gasteiger partial charge in [-0.05, 0) is 12.8 Å². The molecule has 1 amide bonds. The molecule has 2 N–H and O–H groups in total. The van der Waals surface area contributed by atoms with Gasteiger partial charge in [-0.25, -0.2) is 0 Å². The van der Waals surface area contributed by atoms with E-state index in [0.29, 0.717) is 18.3 Å². The monoisotopic (exact) mass is 314 g/mol. The summed E-state index contributed by atoms with van der Waals surface area (Å²) >= 11 is 0. The molecule has 0 radical (unpaired) electrons. The standard InChI is InChI=1S/C17H22N4O2/c1-11(2)10-18-15(22)9-8-14-17(23)19-16(21-20-14)13-6-4-12(3)5-7-13/h4-7,11H,8-10H2,1-3H3,(H,18,22)(H,19,21,23). The van der Waals surface area contributed by atoms with Crippen LogP contribution in [0.25, 0.3) is 11.4 Å². The first kappa shape index (κ1) is 16.9. The van der Waals surface area contributed by atoms with Gasteiger partial charge in [-0.3, -0.25) is 9.59 Å². The van der Waals surface area contributed by atoms with Crippen LogP contribution in [0.5, 0.6) is 0 Å². The molecule has 6 heteroatoms. The van der Waals surface area contributed by atoms with Gasteiger partial charge in [0.25, 0.3) is 5.56 Å². The fourth-order valence-corrected chi connectivity index (χ4v) is 2.00. The molecule has 2 aromatic rings. The quantitative estimate of drug-likeness (QED) is 0.851. The smallest absolute Gasteiger partial charge is 0.273 e. The number of aryl methyl sites for hydroxylation is 2. The van der Waals surface area contributed by atoms with Crippen LogP contribution >= 0.6 is 0 Å². The molecule has 0 spiro atoms. The lowest BCUT2D eigenvalue weighted by Gasteiger charge is -2.07. The molecular formula is C17H22N4O2. The highest BCUT2D eigenvalue weighted by molar-refractivity contribution is 5.76. The zero-order valence-corrected chi connectivity index (χ0v) is 13.7. The number of aromatic amines is 1. The Hall–Kier alpha value is -2.50. The molecular weight excluding hydrogens is 292 g/mol. The van der Waals surface area contributed by atoms with Crippen molar-refractivity contribution >= 4 is 5.91 Å². The Morgan fingerprint density at radius 1 is 1.22 bits per heavy atom. The Balaban J connectivity index is 2.01. The van der Waals surface area contributed by atoms with Crippen molar-refractivity contribution < 1.29 is 4.79 Å². The second-order valence-electron chi connectivity index (χ2n) is 6.01.